The van der Waals surface area contributed by atoms with Crippen molar-refractivity contribution in [3.8, 4) is 11.1 Å². The molecule has 188 valence electrons. The first kappa shape index (κ1) is 25.6. The molecule has 0 aliphatic carbocycles. The van der Waals surface area contributed by atoms with E-state index in [4.69, 9.17) is 4.74 Å². The van der Waals surface area contributed by atoms with Gasteiger partial charge < -0.3 is 14.7 Å². The van der Waals surface area contributed by atoms with E-state index >= 15 is 0 Å². The highest BCUT2D eigenvalue weighted by molar-refractivity contribution is 5.95. The van der Waals surface area contributed by atoms with E-state index in [9.17, 15) is 19.1 Å². The van der Waals surface area contributed by atoms with Gasteiger partial charge in [-0.3, -0.25) is 4.79 Å². The molecular weight excluding hydrogens is 457 g/mol. The van der Waals surface area contributed by atoms with Gasteiger partial charge in [0.25, 0.3) is 5.91 Å². The third kappa shape index (κ3) is 4.91. The lowest BCUT2D eigenvalue weighted by molar-refractivity contribution is -0.160. The van der Waals surface area contributed by atoms with Crippen molar-refractivity contribution in [2.45, 2.75) is 66.3 Å². The summed E-state index contributed by atoms with van der Waals surface area (Å²) in [6.07, 6.45) is -1.17. The van der Waals surface area contributed by atoms with Crippen LogP contribution in [0.5, 0.6) is 0 Å². The van der Waals surface area contributed by atoms with Gasteiger partial charge >= 0.3 is 5.97 Å². The number of carboxylic acid groups (broad SMARTS) is 1. The van der Waals surface area contributed by atoms with Gasteiger partial charge in [-0.25, -0.2) is 9.18 Å². The van der Waals surface area contributed by atoms with Gasteiger partial charge in [0.1, 0.15) is 5.82 Å². The molecule has 0 aromatic heterocycles. The molecule has 36 heavy (non-hydrogen) atoms. The summed E-state index contributed by atoms with van der Waals surface area (Å²) in [5.74, 6) is -1.64. The number of ether oxygens (including phenoxy) is 1. The smallest absolute Gasteiger partial charge is 0.337 e. The SMILES string of the molecule is Cc1ccc(-c2c(C)c3c(c(C)c2[C@H](OC(C)(C)C)C(=O)O)CN(C(=O)c2ccc(F)cc2)C3)cc1. The van der Waals surface area contributed by atoms with Gasteiger partial charge in [-0.15, -0.1) is 0 Å². The Morgan fingerprint density at radius 3 is 2.00 bits per heavy atom. The van der Waals surface area contributed by atoms with Crippen LogP contribution in [0.2, 0.25) is 0 Å². The Kier molecular flexibility index (Phi) is 6.76. The standard InChI is InChI=1S/C30H32FNO4/c1-17-7-9-20(10-8-17)25-18(2)23-15-32(28(33)21-11-13-22(31)14-12-21)16-24(23)19(3)26(25)27(29(34)35)36-30(4,5)6/h7-14,27H,15-16H2,1-6H3,(H,34,35)/t27-/m0/s1. The van der Waals surface area contributed by atoms with Gasteiger partial charge in [-0.1, -0.05) is 29.8 Å². The van der Waals surface area contributed by atoms with Gasteiger partial charge in [0.15, 0.2) is 6.10 Å². The van der Waals surface area contributed by atoms with Crippen LogP contribution < -0.4 is 0 Å². The van der Waals surface area contributed by atoms with E-state index in [1.165, 1.54) is 24.3 Å². The number of hydrogen-bond donors (Lipinski definition) is 1. The number of carboxylic acids is 1. The van der Waals surface area contributed by atoms with E-state index in [-0.39, 0.29) is 5.91 Å². The van der Waals surface area contributed by atoms with Gasteiger partial charge in [0.2, 0.25) is 0 Å². The van der Waals surface area contributed by atoms with Gasteiger partial charge in [-0.05, 0) is 99.2 Å². The number of rotatable bonds is 5. The molecule has 3 aromatic rings. The molecule has 1 aliphatic rings. The first-order valence-corrected chi connectivity index (χ1v) is 12.0. The summed E-state index contributed by atoms with van der Waals surface area (Å²) in [7, 11) is 0. The van der Waals surface area contributed by atoms with Crippen LogP contribution >= 0.6 is 0 Å². The summed E-state index contributed by atoms with van der Waals surface area (Å²) in [6, 6.07) is 13.5. The molecule has 0 bridgehead atoms. The first-order chi connectivity index (χ1) is 16.9. The Morgan fingerprint density at radius 1 is 0.917 bits per heavy atom. The molecule has 0 radical (unpaired) electrons. The Bertz CT molecular complexity index is 1320. The normalized spacial score (nSPS) is 14.0. The number of carbonyl (C=O) groups is 2. The summed E-state index contributed by atoms with van der Waals surface area (Å²) in [5.41, 5.74) is 6.91. The summed E-state index contributed by atoms with van der Waals surface area (Å²) in [6.45, 7) is 12.2. The highest BCUT2D eigenvalue weighted by atomic mass is 19.1. The Hall–Kier alpha value is -3.51. The van der Waals surface area contributed by atoms with Crippen LogP contribution in [-0.4, -0.2) is 27.5 Å². The molecule has 3 aromatic carbocycles. The lowest BCUT2D eigenvalue weighted by Crippen LogP contribution is -2.28. The maximum Gasteiger partial charge on any atom is 0.337 e. The van der Waals surface area contributed by atoms with Crippen molar-refractivity contribution in [1.82, 2.24) is 4.90 Å². The second-order valence-corrected chi connectivity index (χ2v) is 10.5. The van der Waals surface area contributed by atoms with Crippen LogP contribution in [-0.2, 0) is 22.6 Å². The maximum atomic E-state index is 13.4. The van der Waals surface area contributed by atoms with Crippen molar-refractivity contribution in [2.24, 2.45) is 0 Å². The minimum absolute atomic E-state index is 0.191. The maximum absolute atomic E-state index is 13.4. The van der Waals surface area contributed by atoms with Crippen molar-refractivity contribution >= 4 is 11.9 Å². The lowest BCUT2D eigenvalue weighted by atomic mass is 9.83. The molecule has 1 N–H and O–H groups in total. The quantitative estimate of drug-likeness (QED) is 0.443. The molecule has 0 spiro atoms. The van der Waals surface area contributed by atoms with E-state index in [0.29, 0.717) is 24.2 Å². The molecule has 4 rings (SSSR count). The molecular formula is C30H32FNO4. The average molecular weight is 490 g/mol. The number of halogens is 1. The topological polar surface area (TPSA) is 66.8 Å². The minimum Gasteiger partial charge on any atom is -0.479 e. The number of amides is 1. The van der Waals surface area contributed by atoms with E-state index in [1.807, 2.05) is 65.8 Å². The summed E-state index contributed by atoms with van der Waals surface area (Å²) in [4.78, 5) is 27.5. The number of nitrogens with zero attached hydrogens (tertiary/aromatic N) is 1. The van der Waals surface area contributed by atoms with Crippen molar-refractivity contribution in [1.29, 1.82) is 0 Å². The zero-order valence-electron chi connectivity index (χ0n) is 21.6. The van der Waals surface area contributed by atoms with Crippen LogP contribution in [0.3, 0.4) is 0 Å². The molecule has 0 saturated heterocycles. The van der Waals surface area contributed by atoms with Crippen molar-refractivity contribution < 1.29 is 23.8 Å². The number of carbonyl (C=O) groups excluding carboxylic acids is 1. The zero-order chi connectivity index (χ0) is 26.4. The number of fused-ring (bicyclic) bond motifs is 1. The van der Waals surface area contributed by atoms with Gasteiger partial charge in [0, 0.05) is 24.2 Å². The molecule has 0 unspecified atom stereocenters. The number of aryl methyl sites for hydroxylation is 1. The molecule has 1 atom stereocenters. The predicted octanol–water partition coefficient (Wildman–Crippen LogP) is 6.51. The molecule has 1 amide bonds. The Labute approximate surface area is 211 Å². The van der Waals surface area contributed by atoms with Crippen LogP contribution in [0.25, 0.3) is 11.1 Å². The van der Waals surface area contributed by atoms with E-state index in [2.05, 4.69) is 0 Å². The Balaban J connectivity index is 1.88. The number of hydrogen-bond acceptors (Lipinski definition) is 3. The fourth-order valence-corrected chi connectivity index (χ4v) is 4.95. The Morgan fingerprint density at radius 2 is 1.47 bits per heavy atom. The summed E-state index contributed by atoms with van der Waals surface area (Å²) in [5, 5.41) is 10.3. The third-order valence-corrected chi connectivity index (χ3v) is 6.69. The molecule has 1 heterocycles. The molecule has 0 saturated carbocycles. The van der Waals surface area contributed by atoms with Crippen LogP contribution in [0.15, 0.2) is 48.5 Å². The van der Waals surface area contributed by atoms with Crippen LogP contribution in [0.4, 0.5) is 4.39 Å². The van der Waals surface area contributed by atoms with Gasteiger partial charge in [-0.2, -0.15) is 0 Å². The molecule has 0 fully saturated rings. The van der Waals surface area contributed by atoms with Crippen LogP contribution in [0, 0.1) is 26.6 Å². The largest absolute Gasteiger partial charge is 0.479 e. The van der Waals surface area contributed by atoms with E-state index in [0.717, 1.165) is 38.9 Å². The van der Waals surface area contributed by atoms with E-state index < -0.39 is 23.5 Å². The summed E-state index contributed by atoms with van der Waals surface area (Å²) >= 11 is 0. The fraction of sp³-hybridized carbons (Fsp3) is 0.333. The monoisotopic (exact) mass is 489 g/mol. The summed E-state index contributed by atoms with van der Waals surface area (Å²) < 4.78 is 19.5. The highest BCUT2D eigenvalue weighted by Crippen LogP contribution is 2.43. The molecule has 5 nitrogen and oxygen atoms in total. The highest BCUT2D eigenvalue weighted by Gasteiger charge is 2.36. The van der Waals surface area contributed by atoms with Crippen molar-refractivity contribution in [3.63, 3.8) is 0 Å². The predicted molar refractivity (Wildman–Crippen MR) is 137 cm³/mol. The zero-order valence-corrected chi connectivity index (χ0v) is 21.6. The van der Waals surface area contributed by atoms with Crippen LogP contribution in [0.1, 0.15) is 70.6 Å². The van der Waals surface area contributed by atoms with Gasteiger partial charge in [0.05, 0.1) is 5.60 Å². The average Bonchev–Trinajstić information content (AvgIpc) is 3.26. The first-order valence-electron chi connectivity index (χ1n) is 12.0. The second-order valence-electron chi connectivity index (χ2n) is 10.5. The third-order valence-electron chi connectivity index (χ3n) is 6.69. The minimum atomic E-state index is -1.17. The number of benzene rings is 3. The number of aliphatic carboxylic acids is 1. The molecule has 1 aliphatic heterocycles. The molecule has 6 heteroatoms. The van der Waals surface area contributed by atoms with Crippen molar-refractivity contribution in [3.05, 3.63) is 93.3 Å². The van der Waals surface area contributed by atoms with E-state index in [1.54, 1.807) is 4.90 Å². The fourth-order valence-electron chi connectivity index (χ4n) is 4.95. The van der Waals surface area contributed by atoms with Crippen molar-refractivity contribution in [2.75, 3.05) is 0 Å². The lowest BCUT2D eigenvalue weighted by Gasteiger charge is -2.29. The second kappa shape index (κ2) is 9.51.